The first-order chi connectivity index (χ1) is 13.1. The lowest BCUT2D eigenvalue weighted by molar-refractivity contribution is -0.146. The van der Waals surface area contributed by atoms with Crippen molar-refractivity contribution in [1.29, 1.82) is 0 Å². The van der Waals surface area contributed by atoms with Gasteiger partial charge in [0.2, 0.25) is 0 Å². The molecule has 27 heavy (non-hydrogen) atoms. The Kier molecular flexibility index (Phi) is 6.34. The van der Waals surface area contributed by atoms with E-state index in [0.29, 0.717) is 11.6 Å². The Morgan fingerprint density at radius 1 is 1.33 bits per heavy atom. The number of piperidine rings is 1. The molecule has 7 nitrogen and oxygen atoms in total. The molecule has 1 aliphatic rings. The first kappa shape index (κ1) is 19.2. The first-order valence-electron chi connectivity index (χ1n) is 8.93. The van der Waals surface area contributed by atoms with Gasteiger partial charge < -0.3 is 15.0 Å². The number of guanidine groups is 1. The van der Waals surface area contributed by atoms with Crippen LogP contribution in [0.5, 0.6) is 0 Å². The molecule has 1 saturated heterocycles. The number of carbonyl (C=O) groups excluding carboxylic acids is 1. The second kappa shape index (κ2) is 8.90. The zero-order valence-electron chi connectivity index (χ0n) is 15.6. The van der Waals surface area contributed by atoms with Crippen LogP contribution in [-0.2, 0) is 16.1 Å². The maximum Gasteiger partial charge on any atom is 0.308 e. The molecule has 1 N–H and O–H groups in total. The number of nitrogens with one attached hydrogen (secondary N) is 1. The predicted octanol–water partition coefficient (Wildman–Crippen LogP) is 2.49. The number of methoxy groups -OCH3 is 1. The molecule has 0 aliphatic carbocycles. The van der Waals surface area contributed by atoms with Crippen LogP contribution in [0.4, 0.5) is 0 Å². The van der Waals surface area contributed by atoms with Gasteiger partial charge in [-0.1, -0.05) is 11.6 Å². The molecule has 0 amide bonds. The minimum Gasteiger partial charge on any atom is -0.469 e. The van der Waals surface area contributed by atoms with Crippen molar-refractivity contribution in [2.24, 2.45) is 10.9 Å². The summed E-state index contributed by atoms with van der Waals surface area (Å²) in [6.45, 7) is 2.18. The number of carbonyl (C=O) groups is 1. The number of halogens is 1. The van der Waals surface area contributed by atoms with E-state index >= 15 is 0 Å². The summed E-state index contributed by atoms with van der Waals surface area (Å²) >= 11 is 5.93. The van der Waals surface area contributed by atoms with Crippen LogP contribution in [-0.4, -0.2) is 53.9 Å². The Morgan fingerprint density at radius 2 is 2.04 bits per heavy atom. The van der Waals surface area contributed by atoms with Crippen LogP contribution in [0, 0.1) is 5.92 Å². The topological polar surface area (TPSA) is 71.8 Å². The molecular weight excluding hydrogens is 366 g/mol. The van der Waals surface area contributed by atoms with Gasteiger partial charge in [0.15, 0.2) is 5.96 Å². The molecule has 8 heteroatoms. The maximum atomic E-state index is 11.7. The zero-order valence-corrected chi connectivity index (χ0v) is 16.3. The Hall–Kier alpha value is -2.54. The van der Waals surface area contributed by atoms with Gasteiger partial charge in [-0.25, -0.2) is 4.68 Å². The van der Waals surface area contributed by atoms with E-state index in [9.17, 15) is 4.79 Å². The molecule has 0 radical (unpaired) electrons. The smallest absolute Gasteiger partial charge is 0.308 e. The number of esters is 1. The summed E-state index contributed by atoms with van der Waals surface area (Å²) in [5.41, 5.74) is 2.01. The van der Waals surface area contributed by atoms with Crippen molar-refractivity contribution in [2.75, 3.05) is 27.2 Å². The average Bonchev–Trinajstić information content (AvgIpc) is 3.18. The van der Waals surface area contributed by atoms with Crippen LogP contribution in [0.25, 0.3) is 5.69 Å². The van der Waals surface area contributed by atoms with Crippen molar-refractivity contribution >= 4 is 23.5 Å². The van der Waals surface area contributed by atoms with Crippen molar-refractivity contribution in [3.63, 3.8) is 0 Å². The molecule has 1 fully saturated rings. The molecule has 0 saturated carbocycles. The number of hydrogen-bond acceptors (Lipinski definition) is 4. The van der Waals surface area contributed by atoms with Crippen LogP contribution in [0.3, 0.4) is 0 Å². The molecule has 0 unspecified atom stereocenters. The highest BCUT2D eigenvalue weighted by atomic mass is 35.5. The Balaban J connectivity index is 1.55. The Bertz CT molecular complexity index is 795. The van der Waals surface area contributed by atoms with E-state index in [-0.39, 0.29) is 11.9 Å². The lowest BCUT2D eigenvalue weighted by Crippen LogP contribution is -2.46. The van der Waals surface area contributed by atoms with E-state index in [4.69, 9.17) is 16.3 Å². The van der Waals surface area contributed by atoms with Gasteiger partial charge in [-0.05, 0) is 37.1 Å². The number of aromatic nitrogens is 2. The van der Waals surface area contributed by atoms with Crippen molar-refractivity contribution < 1.29 is 9.53 Å². The predicted molar refractivity (Wildman–Crippen MR) is 105 cm³/mol. The molecular formula is C19H24ClN5O2. The second-order valence-corrected chi connectivity index (χ2v) is 6.89. The summed E-state index contributed by atoms with van der Waals surface area (Å²) in [6.07, 6.45) is 5.37. The van der Waals surface area contributed by atoms with E-state index < -0.39 is 0 Å². The number of rotatable bonds is 4. The van der Waals surface area contributed by atoms with Gasteiger partial charge >= 0.3 is 5.97 Å². The highest BCUT2D eigenvalue weighted by Crippen LogP contribution is 2.18. The summed E-state index contributed by atoms with van der Waals surface area (Å²) < 4.78 is 6.66. The van der Waals surface area contributed by atoms with Crippen LogP contribution >= 0.6 is 11.6 Å². The number of ether oxygens (including phenoxy) is 1. The van der Waals surface area contributed by atoms with E-state index in [1.54, 1.807) is 7.05 Å². The normalized spacial score (nSPS) is 15.7. The number of likely N-dealkylation sites (tertiary alicyclic amines) is 1. The lowest BCUT2D eigenvalue weighted by Gasteiger charge is -2.33. The van der Waals surface area contributed by atoms with Gasteiger partial charge in [-0.15, -0.1) is 0 Å². The van der Waals surface area contributed by atoms with Crippen molar-refractivity contribution in [3.05, 3.63) is 47.2 Å². The largest absolute Gasteiger partial charge is 0.469 e. The van der Waals surface area contributed by atoms with Crippen LogP contribution in [0.2, 0.25) is 5.02 Å². The third-order valence-electron chi connectivity index (χ3n) is 4.72. The van der Waals surface area contributed by atoms with Crippen LogP contribution in [0.1, 0.15) is 18.4 Å². The molecule has 3 rings (SSSR count). The number of hydrogen-bond donors (Lipinski definition) is 1. The van der Waals surface area contributed by atoms with Crippen LogP contribution < -0.4 is 5.32 Å². The molecule has 1 aromatic carbocycles. The minimum absolute atomic E-state index is 0.0121. The number of nitrogens with zero attached hydrogens (tertiary/aromatic N) is 4. The highest BCUT2D eigenvalue weighted by Gasteiger charge is 2.26. The molecule has 0 atom stereocenters. The number of benzene rings is 1. The minimum atomic E-state index is -0.118. The fourth-order valence-corrected chi connectivity index (χ4v) is 3.32. The maximum absolute atomic E-state index is 11.7. The standard InChI is InChI=1S/C19H24ClN5O2/c1-21-19(24-9-7-15(8-10-24)18(26)27-2)22-11-14-12-23-25(13-14)17-5-3-16(20)4-6-17/h3-6,12-13,15H,7-11H2,1-2H3,(H,21,22). The van der Waals surface area contributed by atoms with Gasteiger partial charge in [-0.2, -0.15) is 5.10 Å². The van der Waals surface area contributed by atoms with Gasteiger partial charge in [-0.3, -0.25) is 9.79 Å². The molecule has 0 spiro atoms. The summed E-state index contributed by atoms with van der Waals surface area (Å²) in [7, 11) is 3.21. The Labute approximate surface area is 164 Å². The van der Waals surface area contributed by atoms with E-state index in [1.165, 1.54) is 7.11 Å². The summed E-state index contributed by atoms with van der Waals surface area (Å²) in [6, 6.07) is 7.54. The highest BCUT2D eigenvalue weighted by molar-refractivity contribution is 6.30. The molecule has 1 aliphatic heterocycles. The van der Waals surface area contributed by atoms with E-state index in [2.05, 4.69) is 20.3 Å². The van der Waals surface area contributed by atoms with Gasteiger partial charge in [0, 0.05) is 43.5 Å². The average molecular weight is 390 g/mol. The molecule has 0 bridgehead atoms. The molecule has 2 heterocycles. The van der Waals surface area contributed by atoms with E-state index in [0.717, 1.165) is 43.1 Å². The fraction of sp³-hybridized carbons (Fsp3) is 0.421. The molecule has 144 valence electrons. The quantitative estimate of drug-likeness (QED) is 0.494. The van der Waals surface area contributed by atoms with Crippen molar-refractivity contribution in [1.82, 2.24) is 20.0 Å². The van der Waals surface area contributed by atoms with Gasteiger partial charge in [0.1, 0.15) is 0 Å². The monoisotopic (exact) mass is 389 g/mol. The van der Waals surface area contributed by atoms with Gasteiger partial charge in [0.05, 0.1) is 24.9 Å². The third kappa shape index (κ3) is 4.80. The summed E-state index contributed by atoms with van der Waals surface area (Å²) in [5.74, 6) is 0.701. The zero-order chi connectivity index (χ0) is 19.2. The van der Waals surface area contributed by atoms with Gasteiger partial charge in [0.25, 0.3) is 0 Å². The van der Waals surface area contributed by atoms with E-state index in [1.807, 2.05) is 41.3 Å². The lowest BCUT2D eigenvalue weighted by atomic mass is 9.97. The Morgan fingerprint density at radius 3 is 2.67 bits per heavy atom. The van der Waals surface area contributed by atoms with Crippen LogP contribution in [0.15, 0.2) is 41.7 Å². The second-order valence-electron chi connectivity index (χ2n) is 6.45. The molecule has 1 aromatic heterocycles. The number of aliphatic imine (C=N–C) groups is 1. The first-order valence-corrected chi connectivity index (χ1v) is 9.31. The van der Waals surface area contributed by atoms with Crippen molar-refractivity contribution in [2.45, 2.75) is 19.4 Å². The summed E-state index contributed by atoms with van der Waals surface area (Å²) in [5, 5.41) is 8.47. The third-order valence-corrected chi connectivity index (χ3v) is 4.97. The summed E-state index contributed by atoms with van der Waals surface area (Å²) in [4.78, 5) is 18.2. The fourth-order valence-electron chi connectivity index (χ4n) is 3.19. The van der Waals surface area contributed by atoms with Crippen molar-refractivity contribution in [3.8, 4) is 5.69 Å². The SMILES string of the molecule is CN=C(NCc1cnn(-c2ccc(Cl)cc2)c1)N1CCC(C(=O)OC)CC1. The molecule has 2 aromatic rings.